The average Bonchev–Trinajstić information content (AvgIpc) is 3.32. The molecule has 0 bridgehead atoms. The third kappa shape index (κ3) is 2.95. The van der Waals surface area contributed by atoms with Gasteiger partial charge >= 0.3 is 0 Å². The number of aromatic nitrogens is 3. The summed E-state index contributed by atoms with van der Waals surface area (Å²) in [5.74, 6) is 1.87. The molecule has 5 aromatic rings. The maximum absolute atomic E-state index is 5.08. The first-order chi connectivity index (χ1) is 14.1. The van der Waals surface area contributed by atoms with Crippen molar-refractivity contribution in [2.24, 2.45) is 0 Å². The van der Waals surface area contributed by atoms with Crippen molar-refractivity contribution < 1.29 is 0 Å². The molecule has 0 aliphatic rings. The summed E-state index contributed by atoms with van der Waals surface area (Å²) < 4.78 is 4.40. The molecule has 0 aliphatic carbocycles. The van der Waals surface area contributed by atoms with Crippen molar-refractivity contribution in [1.29, 1.82) is 0 Å². The third-order valence-electron chi connectivity index (χ3n) is 5.45. The first-order valence-corrected chi connectivity index (χ1v) is 9.91. The zero-order valence-corrected chi connectivity index (χ0v) is 16.9. The molecule has 0 saturated carbocycles. The van der Waals surface area contributed by atoms with Crippen LogP contribution in [0, 0.1) is 20.8 Å². The summed E-state index contributed by atoms with van der Waals surface area (Å²) in [6.45, 7) is 6.50. The maximum Gasteiger partial charge on any atom is 0.156 e. The molecule has 29 heavy (non-hydrogen) atoms. The molecule has 5 rings (SSSR count). The van der Waals surface area contributed by atoms with Crippen LogP contribution < -0.4 is 0 Å². The summed E-state index contributed by atoms with van der Waals surface area (Å²) in [4.78, 5) is 5.08. The van der Waals surface area contributed by atoms with Gasteiger partial charge in [0.1, 0.15) is 5.82 Å². The molecule has 142 valence electrons. The number of aryl methyl sites for hydroxylation is 3. The van der Waals surface area contributed by atoms with E-state index in [0.717, 1.165) is 22.7 Å². The van der Waals surface area contributed by atoms with E-state index in [-0.39, 0.29) is 0 Å². The molecule has 0 atom stereocenters. The zero-order valence-electron chi connectivity index (χ0n) is 16.9. The van der Waals surface area contributed by atoms with Gasteiger partial charge in [-0.2, -0.15) is 0 Å². The van der Waals surface area contributed by atoms with Crippen molar-refractivity contribution in [2.75, 3.05) is 0 Å². The normalized spacial score (nSPS) is 11.3. The summed E-state index contributed by atoms with van der Waals surface area (Å²) in [6, 6.07) is 25.4. The molecule has 0 spiro atoms. The van der Waals surface area contributed by atoms with Crippen LogP contribution in [0.5, 0.6) is 0 Å². The minimum atomic E-state index is 0.921. The van der Waals surface area contributed by atoms with Crippen LogP contribution in [0.4, 0.5) is 0 Å². The van der Waals surface area contributed by atoms with Gasteiger partial charge in [0.2, 0.25) is 0 Å². The lowest BCUT2D eigenvalue weighted by Crippen LogP contribution is -2.02. The maximum atomic E-state index is 5.08. The van der Waals surface area contributed by atoms with Crippen molar-refractivity contribution in [3.8, 4) is 22.9 Å². The fraction of sp³-hybridized carbons (Fsp3) is 0.115. The second-order valence-electron chi connectivity index (χ2n) is 7.65. The highest BCUT2D eigenvalue weighted by Crippen LogP contribution is 2.30. The van der Waals surface area contributed by atoms with Crippen molar-refractivity contribution >= 4 is 10.9 Å². The van der Waals surface area contributed by atoms with Crippen LogP contribution in [0.1, 0.15) is 16.7 Å². The topological polar surface area (TPSA) is 22.8 Å². The molecule has 0 fully saturated rings. The van der Waals surface area contributed by atoms with Gasteiger partial charge < -0.3 is 0 Å². The van der Waals surface area contributed by atoms with Crippen LogP contribution in [0.25, 0.3) is 33.8 Å². The summed E-state index contributed by atoms with van der Waals surface area (Å²) in [7, 11) is 0. The van der Waals surface area contributed by atoms with Gasteiger partial charge in [-0.1, -0.05) is 66.2 Å². The highest BCUT2D eigenvalue weighted by atomic mass is 15.2. The summed E-state index contributed by atoms with van der Waals surface area (Å²) in [5, 5.41) is 1.21. The largest absolute Gasteiger partial charge is 0.300 e. The van der Waals surface area contributed by atoms with Crippen molar-refractivity contribution in [3.63, 3.8) is 0 Å². The SMILES string of the molecule is Cc1cc(C)c(-n2cc(-n3ccc4ccccc43)nc2-c2ccccc2)c(C)c1. The fourth-order valence-corrected chi connectivity index (χ4v) is 4.28. The molecule has 0 saturated heterocycles. The molecular weight excluding hydrogens is 354 g/mol. The summed E-state index contributed by atoms with van der Waals surface area (Å²) in [5.41, 5.74) is 7.25. The van der Waals surface area contributed by atoms with Crippen LogP contribution in [0.15, 0.2) is 85.2 Å². The monoisotopic (exact) mass is 377 g/mol. The number of imidazole rings is 1. The molecule has 0 radical (unpaired) electrons. The summed E-state index contributed by atoms with van der Waals surface area (Å²) in [6.07, 6.45) is 4.25. The van der Waals surface area contributed by atoms with Gasteiger partial charge in [-0.15, -0.1) is 0 Å². The molecule has 3 aromatic carbocycles. The number of para-hydroxylation sites is 1. The van der Waals surface area contributed by atoms with Gasteiger partial charge in [0.05, 0.1) is 17.4 Å². The first kappa shape index (κ1) is 17.5. The number of hydrogen-bond acceptors (Lipinski definition) is 1. The predicted molar refractivity (Wildman–Crippen MR) is 120 cm³/mol. The lowest BCUT2D eigenvalue weighted by molar-refractivity contribution is 1.03. The smallest absolute Gasteiger partial charge is 0.156 e. The minimum Gasteiger partial charge on any atom is -0.300 e. The zero-order chi connectivity index (χ0) is 20.0. The molecule has 0 aliphatic heterocycles. The van der Waals surface area contributed by atoms with E-state index in [0.29, 0.717) is 0 Å². The van der Waals surface area contributed by atoms with Crippen LogP contribution in [0.2, 0.25) is 0 Å². The Morgan fingerprint density at radius 2 is 1.41 bits per heavy atom. The first-order valence-electron chi connectivity index (χ1n) is 9.91. The standard InChI is InChI=1S/C26H23N3/c1-18-15-19(2)25(20(3)16-18)29-17-24(27-26(29)22-10-5-4-6-11-22)28-14-13-21-9-7-8-12-23(21)28/h4-17H,1-3H3. The highest BCUT2D eigenvalue weighted by Gasteiger charge is 2.17. The molecular formula is C26H23N3. The highest BCUT2D eigenvalue weighted by molar-refractivity contribution is 5.81. The lowest BCUT2D eigenvalue weighted by atomic mass is 10.0. The molecule has 0 amide bonds. The quantitative estimate of drug-likeness (QED) is 0.356. The second kappa shape index (κ2) is 6.78. The predicted octanol–water partition coefficient (Wildman–Crippen LogP) is 6.41. The second-order valence-corrected chi connectivity index (χ2v) is 7.65. The molecule has 2 aromatic heterocycles. The Morgan fingerprint density at radius 3 is 2.17 bits per heavy atom. The molecule has 2 heterocycles. The van der Waals surface area contributed by atoms with E-state index < -0.39 is 0 Å². The third-order valence-corrected chi connectivity index (χ3v) is 5.45. The van der Waals surface area contributed by atoms with Crippen molar-refractivity contribution in [3.05, 3.63) is 102 Å². The van der Waals surface area contributed by atoms with Gasteiger partial charge in [-0.25, -0.2) is 4.98 Å². The van der Waals surface area contributed by atoms with Crippen LogP contribution in [-0.2, 0) is 0 Å². The van der Waals surface area contributed by atoms with Crippen LogP contribution in [0.3, 0.4) is 0 Å². The molecule has 0 unspecified atom stereocenters. The van der Waals surface area contributed by atoms with E-state index in [4.69, 9.17) is 4.98 Å². The van der Waals surface area contributed by atoms with Gasteiger partial charge in [-0.3, -0.25) is 9.13 Å². The van der Waals surface area contributed by atoms with E-state index >= 15 is 0 Å². The Kier molecular flexibility index (Phi) is 4.09. The Morgan fingerprint density at radius 1 is 0.724 bits per heavy atom. The van der Waals surface area contributed by atoms with Gasteiger partial charge in [0.25, 0.3) is 0 Å². The number of nitrogens with zero attached hydrogens (tertiary/aromatic N) is 3. The number of fused-ring (bicyclic) bond motifs is 1. The fourth-order valence-electron chi connectivity index (χ4n) is 4.28. The van der Waals surface area contributed by atoms with E-state index in [1.165, 1.54) is 27.8 Å². The van der Waals surface area contributed by atoms with E-state index in [1.807, 2.05) is 6.07 Å². The Labute approximate surface area is 170 Å². The van der Waals surface area contributed by atoms with Gasteiger partial charge in [0.15, 0.2) is 5.82 Å². The van der Waals surface area contributed by atoms with E-state index in [9.17, 15) is 0 Å². The van der Waals surface area contributed by atoms with Crippen LogP contribution in [-0.4, -0.2) is 14.1 Å². The summed E-state index contributed by atoms with van der Waals surface area (Å²) >= 11 is 0. The molecule has 0 N–H and O–H groups in total. The molecule has 3 nitrogen and oxygen atoms in total. The van der Waals surface area contributed by atoms with Crippen molar-refractivity contribution in [2.45, 2.75) is 20.8 Å². The number of rotatable bonds is 3. The Hall–Kier alpha value is -3.59. The number of hydrogen-bond donors (Lipinski definition) is 0. The average molecular weight is 377 g/mol. The van der Waals surface area contributed by atoms with Crippen molar-refractivity contribution in [1.82, 2.24) is 14.1 Å². The molecule has 3 heteroatoms. The van der Waals surface area contributed by atoms with Gasteiger partial charge in [-0.05, 0) is 49.4 Å². The van der Waals surface area contributed by atoms with E-state index in [2.05, 4.69) is 109 Å². The lowest BCUT2D eigenvalue weighted by Gasteiger charge is -2.15. The van der Waals surface area contributed by atoms with Gasteiger partial charge in [0, 0.05) is 11.8 Å². The minimum absolute atomic E-state index is 0.921. The Balaban J connectivity index is 1.79. The van der Waals surface area contributed by atoms with Crippen LogP contribution >= 0.6 is 0 Å². The number of benzene rings is 3. The van der Waals surface area contributed by atoms with E-state index in [1.54, 1.807) is 0 Å². The Bertz CT molecular complexity index is 1300.